The van der Waals surface area contributed by atoms with E-state index in [-0.39, 0.29) is 5.91 Å². The Hall–Kier alpha value is -2.88. The molecule has 0 unspecified atom stereocenters. The number of hydrogen-bond donors (Lipinski definition) is 1. The first-order chi connectivity index (χ1) is 15.0. The van der Waals surface area contributed by atoms with Crippen LogP contribution in [0.4, 0.5) is 5.69 Å². The van der Waals surface area contributed by atoms with E-state index in [0.29, 0.717) is 21.3 Å². The van der Waals surface area contributed by atoms with Crippen LogP contribution in [0.15, 0.2) is 66.7 Å². The number of carbonyl (C=O) groups is 1. The number of fused-ring (bicyclic) bond motifs is 1. The van der Waals surface area contributed by atoms with E-state index in [1.165, 1.54) is 0 Å². The lowest BCUT2D eigenvalue weighted by atomic mass is 10.0. The molecular weight excluding hydrogens is 427 g/mol. The van der Waals surface area contributed by atoms with Crippen molar-refractivity contribution < 1.29 is 4.79 Å². The summed E-state index contributed by atoms with van der Waals surface area (Å²) in [7, 11) is 0. The molecule has 0 saturated carbocycles. The average Bonchev–Trinajstić information content (AvgIpc) is 2.80. The van der Waals surface area contributed by atoms with Gasteiger partial charge in [-0.15, -0.1) is 0 Å². The van der Waals surface area contributed by atoms with Gasteiger partial charge in [-0.25, -0.2) is 4.98 Å². The van der Waals surface area contributed by atoms with Gasteiger partial charge in [0.25, 0.3) is 5.91 Å². The van der Waals surface area contributed by atoms with Crippen molar-refractivity contribution in [1.82, 2.24) is 4.98 Å². The quantitative estimate of drug-likeness (QED) is 0.341. The highest BCUT2D eigenvalue weighted by Gasteiger charge is 2.17. The number of halogens is 2. The van der Waals surface area contributed by atoms with Crippen molar-refractivity contribution in [1.29, 1.82) is 0 Å². The maximum absolute atomic E-state index is 13.5. The van der Waals surface area contributed by atoms with Crippen molar-refractivity contribution in [3.63, 3.8) is 0 Å². The number of amides is 1. The molecule has 0 aliphatic carbocycles. The van der Waals surface area contributed by atoms with Gasteiger partial charge in [0, 0.05) is 16.6 Å². The Labute approximate surface area is 192 Å². The lowest BCUT2D eigenvalue weighted by molar-refractivity contribution is 0.102. The lowest BCUT2D eigenvalue weighted by Crippen LogP contribution is -2.16. The molecular formula is C26H22Cl2N2O. The minimum absolute atomic E-state index is 0.157. The summed E-state index contributed by atoms with van der Waals surface area (Å²) in [5.74, 6) is -0.157. The van der Waals surface area contributed by atoms with E-state index < -0.39 is 0 Å². The highest BCUT2D eigenvalue weighted by atomic mass is 35.5. The largest absolute Gasteiger partial charge is 0.321 e. The van der Waals surface area contributed by atoms with E-state index >= 15 is 0 Å². The second-order valence-electron chi connectivity index (χ2n) is 7.31. The van der Waals surface area contributed by atoms with Crippen LogP contribution < -0.4 is 5.32 Å². The van der Waals surface area contributed by atoms with Crippen molar-refractivity contribution in [2.24, 2.45) is 0 Å². The summed E-state index contributed by atoms with van der Waals surface area (Å²) in [6.45, 7) is 4.18. The van der Waals surface area contributed by atoms with E-state index in [1.54, 1.807) is 12.1 Å². The monoisotopic (exact) mass is 448 g/mol. The molecule has 0 bridgehead atoms. The molecule has 1 N–H and O–H groups in total. The predicted octanol–water partition coefficient (Wildman–Crippen LogP) is 7.59. The number of aromatic nitrogens is 1. The normalized spacial score (nSPS) is 11.0. The predicted molar refractivity (Wildman–Crippen MR) is 130 cm³/mol. The number of aryl methyl sites for hydroxylation is 2. The molecule has 1 heterocycles. The molecule has 4 aromatic rings. The fourth-order valence-corrected chi connectivity index (χ4v) is 4.05. The topological polar surface area (TPSA) is 42.0 Å². The number of para-hydroxylation sites is 2. The lowest BCUT2D eigenvalue weighted by Gasteiger charge is -2.16. The standard InChI is InChI=1S/C26H22Cl2N2O/c1-3-16-8-7-9-17(4-2)25(16)30-26(31)20-15-24(18-12-13-21(27)22(28)14-18)29-23-11-6-5-10-19(20)23/h5-15H,3-4H2,1-2H3,(H,30,31). The molecule has 31 heavy (non-hydrogen) atoms. The van der Waals surface area contributed by atoms with Crippen LogP contribution in [-0.4, -0.2) is 10.9 Å². The summed E-state index contributed by atoms with van der Waals surface area (Å²) in [5.41, 5.74) is 5.93. The molecule has 0 spiro atoms. The van der Waals surface area contributed by atoms with Crippen LogP contribution in [0, 0.1) is 0 Å². The zero-order valence-corrected chi connectivity index (χ0v) is 18.9. The maximum Gasteiger partial charge on any atom is 0.256 e. The van der Waals surface area contributed by atoms with Gasteiger partial charge < -0.3 is 5.32 Å². The van der Waals surface area contributed by atoms with Crippen LogP contribution in [0.5, 0.6) is 0 Å². The van der Waals surface area contributed by atoms with Crippen molar-refractivity contribution in [3.05, 3.63) is 93.5 Å². The fraction of sp³-hybridized carbons (Fsp3) is 0.154. The van der Waals surface area contributed by atoms with Gasteiger partial charge in [0.05, 0.1) is 26.8 Å². The van der Waals surface area contributed by atoms with E-state index in [4.69, 9.17) is 28.2 Å². The first-order valence-corrected chi connectivity index (χ1v) is 11.0. The zero-order chi connectivity index (χ0) is 22.0. The average molecular weight is 449 g/mol. The van der Waals surface area contributed by atoms with Gasteiger partial charge in [-0.1, -0.05) is 79.5 Å². The van der Waals surface area contributed by atoms with Crippen LogP contribution in [0.25, 0.3) is 22.2 Å². The molecule has 4 rings (SSSR count). The minimum atomic E-state index is -0.157. The third-order valence-electron chi connectivity index (χ3n) is 5.41. The molecule has 0 aliphatic rings. The van der Waals surface area contributed by atoms with Crippen molar-refractivity contribution in [3.8, 4) is 11.3 Å². The first-order valence-electron chi connectivity index (χ1n) is 10.3. The molecule has 5 heteroatoms. The molecule has 1 amide bonds. The summed E-state index contributed by atoms with van der Waals surface area (Å²) in [6, 6.07) is 21.0. The summed E-state index contributed by atoms with van der Waals surface area (Å²) in [6.07, 6.45) is 1.68. The number of nitrogens with zero attached hydrogens (tertiary/aromatic N) is 1. The second-order valence-corrected chi connectivity index (χ2v) is 8.13. The number of rotatable bonds is 5. The number of pyridine rings is 1. The van der Waals surface area contributed by atoms with Crippen molar-refractivity contribution in [2.45, 2.75) is 26.7 Å². The molecule has 0 saturated heterocycles. The summed E-state index contributed by atoms with van der Waals surface area (Å²) in [5, 5.41) is 4.90. The Morgan fingerprint density at radius 1 is 0.871 bits per heavy atom. The summed E-state index contributed by atoms with van der Waals surface area (Å²) in [4.78, 5) is 18.2. The van der Waals surface area contributed by atoms with Gasteiger partial charge in [0.1, 0.15) is 0 Å². The number of anilines is 1. The van der Waals surface area contributed by atoms with Crippen LogP contribution in [0.1, 0.15) is 35.3 Å². The third-order valence-corrected chi connectivity index (χ3v) is 6.15. The molecule has 1 aromatic heterocycles. The first kappa shape index (κ1) is 21.4. The van der Waals surface area contributed by atoms with Gasteiger partial charge in [0.2, 0.25) is 0 Å². The molecule has 3 nitrogen and oxygen atoms in total. The van der Waals surface area contributed by atoms with E-state index in [0.717, 1.165) is 46.1 Å². The van der Waals surface area contributed by atoms with Gasteiger partial charge in [-0.2, -0.15) is 0 Å². The minimum Gasteiger partial charge on any atom is -0.321 e. The van der Waals surface area contributed by atoms with Crippen molar-refractivity contribution >= 4 is 45.7 Å². The Bertz CT molecular complexity index is 1260. The Morgan fingerprint density at radius 2 is 1.58 bits per heavy atom. The van der Waals surface area contributed by atoms with E-state index in [2.05, 4.69) is 31.3 Å². The Balaban J connectivity index is 1.83. The molecule has 0 radical (unpaired) electrons. The van der Waals surface area contributed by atoms with Gasteiger partial charge in [0.15, 0.2) is 0 Å². The smallest absolute Gasteiger partial charge is 0.256 e. The second kappa shape index (κ2) is 9.09. The number of benzene rings is 3. The molecule has 0 aliphatic heterocycles. The molecule has 3 aromatic carbocycles. The third kappa shape index (κ3) is 4.30. The van der Waals surface area contributed by atoms with Crippen LogP contribution in [-0.2, 0) is 12.8 Å². The number of hydrogen-bond acceptors (Lipinski definition) is 2. The molecule has 156 valence electrons. The summed E-state index contributed by atoms with van der Waals surface area (Å²) < 4.78 is 0. The SMILES string of the molecule is CCc1cccc(CC)c1NC(=O)c1cc(-c2ccc(Cl)c(Cl)c2)nc2ccccc12. The Morgan fingerprint density at radius 3 is 2.26 bits per heavy atom. The Kier molecular flexibility index (Phi) is 6.26. The number of nitrogens with one attached hydrogen (secondary N) is 1. The summed E-state index contributed by atoms with van der Waals surface area (Å²) >= 11 is 12.3. The van der Waals surface area contributed by atoms with Gasteiger partial charge in [-0.3, -0.25) is 4.79 Å². The van der Waals surface area contributed by atoms with Crippen molar-refractivity contribution in [2.75, 3.05) is 5.32 Å². The fourth-order valence-electron chi connectivity index (χ4n) is 3.75. The molecule has 0 atom stereocenters. The maximum atomic E-state index is 13.5. The van der Waals surface area contributed by atoms with E-state index in [1.807, 2.05) is 42.5 Å². The number of carbonyl (C=O) groups excluding carboxylic acids is 1. The van der Waals surface area contributed by atoms with Crippen LogP contribution in [0.2, 0.25) is 10.0 Å². The highest BCUT2D eigenvalue weighted by Crippen LogP contribution is 2.31. The van der Waals surface area contributed by atoms with Gasteiger partial charge >= 0.3 is 0 Å². The van der Waals surface area contributed by atoms with Gasteiger partial charge in [-0.05, 0) is 48.2 Å². The van der Waals surface area contributed by atoms with E-state index in [9.17, 15) is 4.79 Å². The highest BCUT2D eigenvalue weighted by molar-refractivity contribution is 6.42. The van der Waals surface area contributed by atoms with Crippen LogP contribution in [0.3, 0.4) is 0 Å². The van der Waals surface area contributed by atoms with Crippen LogP contribution >= 0.6 is 23.2 Å². The zero-order valence-electron chi connectivity index (χ0n) is 17.4. The molecule has 0 fully saturated rings.